The fourth-order valence-electron chi connectivity index (χ4n) is 4.42. The van der Waals surface area contributed by atoms with Gasteiger partial charge in [-0.25, -0.2) is 13.2 Å². The first-order valence-electron chi connectivity index (χ1n) is 11.7. The van der Waals surface area contributed by atoms with Gasteiger partial charge in [-0.3, -0.25) is 10.1 Å². The van der Waals surface area contributed by atoms with Gasteiger partial charge in [-0.15, -0.1) is 0 Å². The van der Waals surface area contributed by atoms with E-state index in [4.69, 9.17) is 4.74 Å². The second-order valence-corrected chi connectivity index (χ2v) is 12.4. The molecule has 3 amide bonds. The maximum Gasteiger partial charge on any atom is 0.324 e. The van der Waals surface area contributed by atoms with Crippen LogP contribution in [-0.2, 0) is 20.0 Å². The number of ether oxygens (including phenoxy) is 1. The minimum Gasteiger partial charge on any atom is -0.493 e. The van der Waals surface area contributed by atoms with Crippen molar-refractivity contribution < 1.29 is 22.7 Å². The number of imide groups is 1. The van der Waals surface area contributed by atoms with E-state index in [0.717, 1.165) is 30.8 Å². The van der Waals surface area contributed by atoms with Gasteiger partial charge in [0.2, 0.25) is 0 Å². The minimum atomic E-state index is -3.18. The molecule has 1 heterocycles. The lowest BCUT2D eigenvalue weighted by atomic mass is 9.98. The van der Waals surface area contributed by atoms with Gasteiger partial charge in [0, 0.05) is 12.0 Å². The summed E-state index contributed by atoms with van der Waals surface area (Å²) in [6.45, 7) is 4.64. The third kappa shape index (κ3) is 5.27. The number of hydrogen-bond acceptors (Lipinski definition) is 5. The van der Waals surface area contributed by atoms with Crippen LogP contribution in [0.3, 0.4) is 0 Å². The summed E-state index contributed by atoms with van der Waals surface area (Å²) < 4.78 is 31.6. The minimum absolute atomic E-state index is 0.154. The van der Waals surface area contributed by atoms with Crippen LogP contribution in [0.5, 0.6) is 5.75 Å². The van der Waals surface area contributed by atoms with Crippen molar-refractivity contribution in [3.05, 3.63) is 29.8 Å². The van der Waals surface area contributed by atoms with Crippen molar-refractivity contribution in [3.63, 3.8) is 0 Å². The van der Waals surface area contributed by atoms with E-state index in [2.05, 4.69) is 5.32 Å². The zero-order valence-electron chi connectivity index (χ0n) is 19.1. The summed E-state index contributed by atoms with van der Waals surface area (Å²) in [5, 5.41) is 2.33. The monoisotopic (exact) mass is 462 g/mol. The Morgan fingerprint density at radius 3 is 2.50 bits per heavy atom. The number of amides is 3. The Labute approximate surface area is 190 Å². The molecule has 1 N–H and O–H groups in total. The first kappa shape index (κ1) is 23.1. The van der Waals surface area contributed by atoms with E-state index >= 15 is 0 Å². The summed E-state index contributed by atoms with van der Waals surface area (Å²) in [6.07, 6.45) is 6.20. The summed E-state index contributed by atoms with van der Waals surface area (Å²) in [4.78, 5) is 25.3. The van der Waals surface area contributed by atoms with Gasteiger partial charge < -0.3 is 9.64 Å². The second kappa shape index (κ2) is 8.69. The van der Waals surface area contributed by atoms with Crippen LogP contribution in [0.2, 0.25) is 0 Å². The average Bonchev–Trinajstić information content (AvgIpc) is 3.64. The number of urea groups is 1. The van der Waals surface area contributed by atoms with Crippen LogP contribution in [-0.4, -0.2) is 55.5 Å². The first-order valence-corrected chi connectivity index (χ1v) is 13.5. The van der Waals surface area contributed by atoms with Crippen molar-refractivity contribution in [1.29, 1.82) is 0 Å². The highest BCUT2D eigenvalue weighted by Gasteiger charge is 2.47. The van der Waals surface area contributed by atoms with Crippen LogP contribution < -0.4 is 10.1 Å². The summed E-state index contributed by atoms with van der Waals surface area (Å²) in [6, 6.07) is 7.59. The highest BCUT2D eigenvalue weighted by molar-refractivity contribution is 7.91. The van der Waals surface area contributed by atoms with Gasteiger partial charge in [-0.1, -0.05) is 18.6 Å². The molecule has 1 aliphatic heterocycles. The number of rotatable bonds is 12. The zero-order valence-corrected chi connectivity index (χ0v) is 19.9. The van der Waals surface area contributed by atoms with Crippen LogP contribution in [0.15, 0.2) is 24.3 Å². The van der Waals surface area contributed by atoms with E-state index in [1.807, 2.05) is 24.3 Å². The summed E-state index contributed by atoms with van der Waals surface area (Å²) in [5.41, 5.74) is -0.0462. The fraction of sp³-hybridized carbons (Fsp3) is 0.667. The summed E-state index contributed by atoms with van der Waals surface area (Å²) >= 11 is 0. The van der Waals surface area contributed by atoms with Gasteiger partial charge in [0.25, 0.3) is 5.91 Å². The molecule has 3 fully saturated rings. The number of benzene rings is 1. The molecule has 0 atom stereocenters. The molecule has 0 radical (unpaired) electrons. The van der Waals surface area contributed by atoms with Crippen molar-refractivity contribution in [3.8, 4) is 5.75 Å². The molecule has 4 rings (SSSR count). The first-order chi connectivity index (χ1) is 15.1. The van der Waals surface area contributed by atoms with Crippen LogP contribution >= 0.6 is 0 Å². The number of nitrogens with one attached hydrogen (secondary N) is 1. The summed E-state index contributed by atoms with van der Waals surface area (Å²) in [5.74, 6) is 1.57. The zero-order chi connectivity index (χ0) is 23.0. The number of carbonyl (C=O) groups excluding carboxylic acids is 2. The molecule has 1 saturated heterocycles. The predicted molar refractivity (Wildman–Crippen MR) is 122 cm³/mol. The molecule has 3 aliphatic rings. The molecule has 176 valence electrons. The molecule has 32 heavy (non-hydrogen) atoms. The van der Waals surface area contributed by atoms with Crippen molar-refractivity contribution in [2.45, 2.75) is 69.7 Å². The number of carbonyl (C=O) groups is 2. The van der Waals surface area contributed by atoms with Crippen molar-refractivity contribution in [1.82, 2.24) is 10.2 Å². The Hall–Kier alpha value is -2.09. The molecular weight excluding hydrogens is 428 g/mol. The second-order valence-electron chi connectivity index (χ2n) is 10.2. The molecule has 2 aliphatic carbocycles. The molecular formula is C24H34N2O5S. The number of sulfone groups is 1. The summed E-state index contributed by atoms with van der Waals surface area (Å²) in [7, 11) is -3.18. The Bertz CT molecular complexity index is 980. The number of hydrogen-bond donors (Lipinski definition) is 1. The SMILES string of the molecule is CC1(C)C(=O)NC(=O)N1CCCCCS(=O)(=O)CC1(c2cccc(OCC3CC3)c2)CC1. The van der Waals surface area contributed by atoms with E-state index in [-0.39, 0.29) is 28.9 Å². The third-order valence-corrected chi connectivity index (χ3v) is 8.92. The van der Waals surface area contributed by atoms with Crippen LogP contribution in [0.4, 0.5) is 4.79 Å². The molecule has 0 aromatic heterocycles. The maximum atomic E-state index is 12.8. The number of unbranched alkanes of at least 4 members (excludes halogenated alkanes) is 2. The molecule has 2 saturated carbocycles. The van der Waals surface area contributed by atoms with E-state index < -0.39 is 15.4 Å². The third-order valence-electron chi connectivity index (χ3n) is 7.01. The lowest BCUT2D eigenvalue weighted by molar-refractivity contribution is -0.125. The van der Waals surface area contributed by atoms with Crippen molar-refractivity contribution in [2.75, 3.05) is 24.7 Å². The van der Waals surface area contributed by atoms with Gasteiger partial charge >= 0.3 is 6.03 Å². The average molecular weight is 463 g/mol. The highest BCUT2D eigenvalue weighted by atomic mass is 32.2. The highest BCUT2D eigenvalue weighted by Crippen LogP contribution is 2.50. The van der Waals surface area contributed by atoms with Gasteiger partial charge in [0.05, 0.1) is 18.1 Å². The van der Waals surface area contributed by atoms with Crippen LogP contribution in [0.25, 0.3) is 0 Å². The van der Waals surface area contributed by atoms with Gasteiger partial charge in [-0.2, -0.15) is 0 Å². The Kier molecular flexibility index (Phi) is 6.27. The molecule has 0 unspecified atom stereocenters. The van der Waals surface area contributed by atoms with Crippen LogP contribution in [0, 0.1) is 5.92 Å². The lowest BCUT2D eigenvalue weighted by Crippen LogP contribution is -2.44. The molecule has 1 aromatic carbocycles. The van der Waals surface area contributed by atoms with E-state index in [9.17, 15) is 18.0 Å². The predicted octanol–water partition coefficient (Wildman–Crippen LogP) is 3.42. The quantitative estimate of drug-likeness (QED) is 0.380. The molecule has 0 spiro atoms. The smallest absolute Gasteiger partial charge is 0.324 e. The normalized spacial score (nSPS) is 21.5. The maximum absolute atomic E-state index is 12.8. The van der Waals surface area contributed by atoms with Gasteiger partial charge in [0.15, 0.2) is 9.84 Å². The fourth-order valence-corrected chi connectivity index (χ4v) is 6.50. The Morgan fingerprint density at radius 1 is 1.12 bits per heavy atom. The molecule has 1 aromatic rings. The van der Waals surface area contributed by atoms with Gasteiger partial charge in [0.1, 0.15) is 11.3 Å². The van der Waals surface area contributed by atoms with Crippen molar-refractivity contribution in [2.24, 2.45) is 5.92 Å². The van der Waals surface area contributed by atoms with Crippen LogP contribution in [0.1, 0.15) is 64.4 Å². The molecule has 7 nitrogen and oxygen atoms in total. The van der Waals surface area contributed by atoms with E-state index in [1.165, 1.54) is 17.7 Å². The Morgan fingerprint density at radius 2 is 1.88 bits per heavy atom. The molecule has 8 heteroatoms. The topological polar surface area (TPSA) is 92.8 Å². The largest absolute Gasteiger partial charge is 0.493 e. The van der Waals surface area contributed by atoms with Gasteiger partial charge in [-0.05, 0) is 76.0 Å². The van der Waals surface area contributed by atoms with Crippen molar-refractivity contribution >= 4 is 21.8 Å². The number of nitrogens with zero attached hydrogens (tertiary/aromatic N) is 1. The Balaban J connectivity index is 1.24. The van der Waals surface area contributed by atoms with E-state index in [1.54, 1.807) is 13.8 Å². The molecule has 0 bridgehead atoms. The van der Waals surface area contributed by atoms with E-state index in [0.29, 0.717) is 31.7 Å². The standard InChI is InChI=1S/C24H34N2O5S/c1-23(2)21(27)25-22(28)26(23)13-4-3-5-14-32(29,30)17-24(11-12-24)19-7-6-8-20(15-19)31-16-18-9-10-18/h6-8,15,18H,3-5,9-14,16-17H2,1-2H3,(H,25,27,28). The lowest BCUT2D eigenvalue weighted by Gasteiger charge is -2.27.